The van der Waals surface area contributed by atoms with Gasteiger partial charge >= 0.3 is 5.97 Å². The van der Waals surface area contributed by atoms with Crippen LogP contribution in [0.4, 0.5) is 0 Å². The van der Waals surface area contributed by atoms with Crippen molar-refractivity contribution in [1.82, 2.24) is 9.38 Å². The van der Waals surface area contributed by atoms with Crippen molar-refractivity contribution in [2.24, 2.45) is 0 Å². The van der Waals surface area contributed by atoms with E-state index in [4.69, 9.17) is 26.3 Å². The minimum absolute atomic E-state index is 0.130. The van der Waals surface area contributed by atoms with Crippen LogP contribution in [-0.4, -0.2) is 39.1 Å². The molecule has 2 aromatic heterocycles. The van der Waals surface area contributed by atoms with Crippen LogP contribution in [0.5, 0.6) is 11.6 Å². The molecule has 0 atom stereocenters. The highest BCUT2D eigenvalue weighted by Gasteiger charge is 2.20. The number of fused-ring (bicyclic) bond motifs is 1. The lowest BCUT2D eigenvalue weighted by molar-refractivity contribution is -0.132. The van der Waals surface area contributed by atoms with Crippen molar-refractivity contribution in [2.75, 3.05) is 12.5 Å². The van der Waals surface area contributed by atoms with E-state index in [2.05, 4.69) is 4.98 Å². The highest BCUT2D eigenvalue weighted by molar-refractivity contribution is 6.18. The molecule has 0 spiro atoms. The van der Waals surface area contributed by atoms with Gasteiger partial charge in [-0.15, -0.1) is 11.6 Å². The summed E-state index contributed by atoms with van der Waals surface area (Å²) < 4.78 is 13.5. The number of carbonyl (C=O) groups is 1. The lowest BCUT2D eigenvalue weighted by Crippen LogP contribution is -2.15. The summed E-state index contributed by atoms with van der Waals surface area (Å²) in [5.41, 5.74) is 0.475. The molecule has 28 heavy (non-hydrogen) atoms. The third kappa shape index (κ3) is 4.57. The van der Waals surface area contributed by atoms with Crippen molar-refractivity contribution in [2.45, 2.75) is 44.6 Å². The van der Waals surface area contributed by atoms with Crippen molar-refractivity contribution in [1.29, 1.82) is 5.26 Å². The van der Waals surface area contributed by atoms with Crippen molar-refractivity contribution in [3.05, 3.63) is 29.6 Å². The maximum atomic E-state index is 11.3. The predicted octanol–water partition coefficient (Wildman–Crippen LogP) is 4.05. The Labute approximate surface area is 168 Å². The first-order valence-corrected chi connectivity index (χ1v) is 9.89. The molecule has 8 heteroatoms. The lowest BCUT2D eigenvalue weighted by atomic mass is 10.1. The third-order valence-corrected chi connectivity index (χ3v) is 4.82. The van der Waals surface area contributed by atoms with E-state index in [1.165, 1.54) is 18.9 Å². The smallest absolute Gasteiger partial charge is 0.346 e. The van der Waals surface area contributed by atoms with E-state index in [1.54, 1.807) is 22.7 Å². The molecule has 148 valence electrons. The van der Waals surface area contributed by atoms with Crippen LogP contribution in [0.2, 0.25) is 0 Å². The second-order valence-electron chi connectivity index (χ2n) is 6.61. The molecule has 0 amide bonds. The standard InChI is InChI=1S/C20H22ClN3O4/c21-9-11-27-19-16(12-14(13-22)20(25)26)24-10-5-8-17(18(24)23-19)28-15-6-3-1-2-4-7-15/h5,8,10,12,15H,1-4,6-7,9,11H2,(H,25,26). The molecule has 1 N–H and O–H groups in total. The number of rotatable bonds is 7. The van der Waals surface area contributed by atoms with Crippen LogP contribution < -0.4 is 9.47 Å². The average molecular weight is 404 g/mol. The number of aromatic nitrogens is 2. The number of hydrogen-bond donors (Lipinski definition) is 1. The third-order valence-electron chi connectivity index (χ3n) is 4.66. The molecule has 3 rings (SSSR count). The van der Waals surface area contributed by atoms with Crippen LogP contribution in [0.15, 0.2) is 23.9 Å². The van der Waals surface area contributed by atoms with Gasteiger partial charge in [-0.25, -0.2) is 4.79 Å². The first kappa shape index (κ1) is 20.0. The van der Waals surface area contributed by atoms with Crippen molar-refractivity contribution in [3.63, 3.8) is 0 Å². The van der Waals surface area contributed by atoms with Gasteiger partial charge in [0, 0.05) is 6.20 Å². The Morgan fingerprint density at radius 1 is 1.39 bits per heavy atom. The minimum Gasteiger partial charge on any atom is -0.487 e. The fourth-order valence-electron chi connectivity index (χ4n) is 3.32. The zero-order chi connectivity index (χ0) is 19.9. The summed E-state index contributed by atoms with van der Waals surface area (Å²) in [4.78, 5) is 15.8. The highest BCUT2D eigenvalue weighted by atomic mass is 35.5. The van der Waals surface area contributed by atoms with E-state index in [0.29, 0.717) is 17.1 Å². The fourth-order valence-corrected chi connectivity index (χ4v) is 3.40. The number of halogens is 1. The van der Waals surface area contributed by atoms with Gasteiger partial charge in [0.2, 0.25) is 5.88 Å². The summed E-state index contributed by atoms with van der Waals surface area (Å²) in [7, 11) is 0. The van der Waals surface area contributed by atoms with E-state index in [1.807, 2.05) is 6.07 Å². The molecule has 7 nitrogen and oxygen atoms in total. The first-order valence-electron chi connectivity index (χ1n) is 9.35. The number of nitrogens with zero attached hydrogens (tertiary/aromatic N) is 3. The van der Waals surface area contributed by atoms with Gasteiger partial charge < -0.3 is 14.6 Å². The molecule has 0 aliphatic heterocycles. The zero-order valence-corrected chi connectivity index (χ0v) is 16.2. The summed E-state index contributed by atoms with van der Waals surface area (Å²) in [5, 5.41) is 18.3. The molecule has 1 aliphatic carbocycles. The van der Waals surface area contributed by atoms with Gasteiger partial charge in [0.1, 0.15) is 23.9 Å². The Kier molecular flexibility index (Phi) is 6.77. The minimum atomic E-state index is -1.31. The molecular formula is C20H22ClN3O4. The number of hydrogen-bond acceptors (Lipinski definition) is 5. The van der Waals surface area contributed by atoms with Crippen LogP contribution >= 0.6 is 11.6 Å². The Hall–Kier alpha value is -2.72. The van der Waals surface area contributed by atoms with Gasteiger partial charge in [0.15, 0.2) is 11.4 Å². The van der Waals surface area contributed by atoms with Crippen LogP contribution in [0.25, 0.3) is 11.7 Å². The molecule has 1 fully saturated rings. The predicted molar refractivity (Wildman–Crippen MR) is 105 cm³/mol. The van der Waals surface area contributed by atoms with Gasteiger partial charge in [-0.1, -0.05) is 12.8 Å². The van der Waals surface area contributed by atoms with Crippen LogP contribution in [0.1, 0.15) is 44.2 Å². The monoisotopic (exact) mass is 403 g/mol. The Morgan fingerprint density at radius 2 is 2.14 bits per heavy atom. The normalized spacial score (nSPS) is 15.8. The van der Waals surface area contributed by atoms with Crippen LogP contribution in [0.3, 0.4) is 0 Å². The van der Waals surface area contributed by atoms with Gasteiger partial charge in [-0.05, 0) is 43.9 Å². The number of pyridine rings is 1. The molecular weight excluding hydrogens is 382 g/mol. The average Bonchev–Trinajstić information content (AvgIpc) is 2.85. The molecule has 0 bridgehead atoms. The second kappa shape index (κ2) is 9.47. The zero-order valence-electron chi connectivity index (χ0n) is 15.4. The SMILES string of the molecule is N#CC(=Cc1c(OCCCl)nc2c(OC3CCCCCC3)cccn12)C(=O)O. The van der Waals surface area contributed by atoms with Crippen molar-refractivity contribution in [3.8, 4) is 17.7 Å². The molecule has 1 aliphatic rings. The molecule has 0 unspecified atom stereocenters. The van der Waals surface area contributed by atoms with E-state index in [9.17, 15) is 9.90 Å². The maximum Gasteiger partial charge on any atom is 0.346 e. The molecule has 0 radical (unpaired) electrons. The summed E-state index contributed by atoms with van der Waals surface area (Å²) in [6.45, 7) is 0.208. The summed E-state index contributed by atoms with van der Waals surface area (Å²) in [6.07, 6.45) is 9.86. The number of carboxylic acid groups (broad SMARTS) is 1. The largest absolute Gasteiger partial charge is 0.487 e. The quantitative estimate of drug-likeness (QED) is 0.324. The van der Waals surface area contributed by atoms with E-state index in [0.717, 1.165) is 25.7 Å². The second-order valence-corrected chi connectivity index (χ2v) is 6.99. The Bertz CT molecular complexity index is 908. The number of imidazole rings is 1. The van der Waals surface area contributed by atoms with E-state index < -0.39 is 11.5 Å². The van der Waals surface area contributed by atoms with E-state index in [-0.39, 0.29) is 24.5 Å². The van der Waals surface area contributed by atoms with Crippen molar-refractivity contribution >= 4 is 29.3 Å². The molecule has 0 aromatic carbocycles. The highest BCUT2D eigenvalue weighted by Crippen LogP contribution is 2.30. The maximum absolute atomic E-state index is 11.3. The Balaban J connectivity index is 2.03. The Morgan fingerprint density at radius 3 is 2.79 bits per heavy atom. The number of ether oxygens (including phenoxy) is 2. The number of nitriles is 1. The van der Waals surface area contributed by atoms with E-state index >= 15 is 0 Å². The molecule has 0 saturated heterocycles. The summed E-state index contributed by atoms with van der Waals surface area (Å²) in [5.74, 6) is -0.233. The number of aliphatic carboxylic acids is 1. The molecule has 2 aromatic rings. The number of carboxylic acids is 1. The number of alkyl halides is 1. The topological polar surface area (TPSA) is 96.9 Å². The van der Waals surface area contributed by atoms with Crippen LogP contribution in [-0.2, 0) is 4.79 Å². The van der Waals surface area contributed by atoms with Gasteiger partial charge in [-0.2, -0.15) is 10.2 Å². The lowest BCUT2D eigenvalue weighted by Gasteiger charge is -2.17. The molecule has 1 saturated carbocycles. The summed E-state index contributed by atoms with van der Waals surface area (Å²) >= 11 is 5.72. The first-order chi connectivity index (χ1) is 13.6. The van der Waals surface area contributed by atoms with Gasteiger partial charge in [0.05, 0.1) is 12.0 Å². The van der Waals surface area contributed by atoms with Gasteiger partial charge in [-0.3, -0.25) is 4.40 Å². The van der Waals surface area contributed by atoms with Crippen molar-refractivity contribution < 1.29 is 19.4 Å². The summed E-state index contributed by atoms with van der Waals surface area (Å²) in [6, 6.07) is 5.33. The molecule has 2 heterocycles. The fraction of sp³-hybridized carbons (Fsp3) is 0.450. The van der Waals surface area contributed by atoms with Crippen LogP contribution in [0, 0.1) is 11.3 Å². The van der Waals surface area contributed by atoms with Gasteiger partial charge in [0.25, 0.3) is 0 Å².